The second kappa shape index (κ2) is 5.69. The van der Waals surface area contributed by atoms with E-state index in [2.05, 4.69) is 40.6 Å². The van der Waals surface area contributed by atoms with Gasteiger partial charge >= 0.3 is 0 Å². The third-order valence-electron chi connectivity index (χ3n) is 4.65. The van der Waals surface area contributed by atoms with Crippen molar-refractivity contribution in [2.24, 2.45) is 0 Å². The molecule has 3 heterocycles. The molecule has 0 saturated carbocycles. The van der Waals surface area contributed by atoms with Crippen LogP contribution in [0.15, 0.2) is 39.8 Å². The first-order valence-corrected chi connectivity index (χ1v) is 9.07. The number of hydrogen-bond acceptors (Lipinski definition) is 5. The van der Waals surface area contributed by atoms with E-state index in [1.165, 1.54) is 4.90 Å². The fraction of sp³-hybridized carbons (Fsp3) is 0.412. The molecule has 2 aromatic rings. The number of fused-ring (bicyclic) bond motifs is 1. The Kier molecular flexibility index (Phi) is 3.66. The lowest BCUT2D eigenvalue weighted by Gasteiger charge is -2.28. The fourth-order valence-electron chi connectivity index (χ4n) is 3.60. The van der Waals surface area contributed by atoms with E-state index in [-0.39, 0.29) is 18.1 Å². The average Bonchev–Trinajstić information content (AvgIpc) is 3.25. The summed E-state index contributed by atoms with van der Waals surface area (Å²) in [5.41, 5.74) is 1.13. The molecule has 5 nitrogen and oxygen atoms in total. The van der Waals surface area contributed by atoms with Gasteiger partial charge in [0.15, 0.2) is 5.82 Å². The molecule has 2 saturated heterocycles. The summed E-state index contributed by atoms with van der Waals surface area (Å²) in [7, 11) is 0. The Labute approximate surface area is 139 Å². The smallest absolute Gasteiger partial charge is 0.247 e. The van der Waals surface area contributed by atoms with Gasteiger partial charge in [-0.3, -0.25) is 14.6 Å². The maximum absolute atomic E-state index is 12.9. The molecule has 2 fully saturated rings. The molecule has 0 aliphatic carbocycles. The number of carbonyl (C=O) groups is 1. The zero-order valence-electron chi connectivity index (χ0n) is 13.2. The summed E-state index contributed by atoms with van der Waals surface area (Å²) < 4.78 is 5.20. The predicted octanol–water partition coefficient (Wildman–Crippen LogP) is 3.21. The van der Waals surface area contributed by atoms with Crippen molar-refractivity contribution in [1.29, 1.82) is 0 Å². The van der Waals surface area contributed by atoms with Crippen LogP contribution in [0.1, 0.15) is 30.3 Å². The summed E-state index contributed by atoms with van der Waals surface area (Å²) in [5, 5.41) is 4.08. The van der Waals surface area contributed by atoms with Gasteiger partial charge in [-0.2, -0.15) is 0 Å². The first-order chi connectivity index (χ1) is 11.2. The first kappa shape index (κ1) is 14.8. The molecule has 0 bridgehead atoms. The van der Waals surface area contributed by atoms with Crippen molar-refractivity contribution in [3.63, 3.8) is 0 Å². The summed E-state index contributed by atoms with van der Waals surface area (Å²) in [4.78, 5) is 18.2. The van der Waals surface area contributed by atoms with E-state index in [0.29, 0.717) is 5.82 Å². The molecule has 1 amide bonds. The van der Waals surface area contributed by atoms with Gasteiger partial charge in [0.2, 0.25) is 5.91 Å². The molecule has 2 aliphatic rings. The number of aromatic nitrogens is 1. The molecule has 23 heavy (non-hydrogen) atoms. The predicted molar refractivity (Wildman–Crippen MR) is 89.4 cm³/mol. The molecule has 1 aromatic heterocycles. The van der Waals surface area contributed by atoms with Crippen LogP contribution in [0.2, 0.25) is 0 Å². The SMILES string of the molecule is CSc1ccc([C@H]2N(c3cc(C)on3)C(=O)[C@H]3CCCN32)cc1. The number of benzene rings is 1. The number of amides is 1. The molecule has 4 rings (SSSR count). The van der Waals surface area contributed by atoms with Gasteiger partial charge in [-0.15, -0.1) is 11.8 Å². The summed E-state index contributed by atoms with van der Waals surface area (Å²) in [6.07, 6.45) is 3.97. The lowest BCUT2D eigenvalue weighted by molar-refractivity contribution is -0.119. The molecular formula is C17H19N3O2S. The second-order valence-corrected chi connectivity index (χ2v) is 6.93. The van der Waals surface area contributed by atoms with Gasteiger partial charge in [0.1, 0.15) is 11.9 Å². The van der Waals surface area contributed by atoms with Gasteiger partial charge in [-0.25, -0.2) is 0 Å². The number of carbonyl (C=O) groups excluding carboxylic acids is 1. The molecular weight excluding hydrogens is 310 g/mol. The fourth-order valence-corrected chi connectivity index (χ4v) is 4.01. The van der Waals surface area contributed by atoms with Crippen LogP contribution in [0.25, 0.3) is 0 Å². The van der Waals surface area contributed by atoms with Crippen LogP contribution >= 0.6 is 11.8 Å². The van der Waals surface area contributed by atoms with Crippen molar-refractivity contribution in [3.8, 4) is 0 Å². The number of rotatable bonds is 3. The van der Waals surface area contributed by atoms with Gasteiger partial charge in [0.25, 0.3) is 0 Å². The second-order valence-electron chi connectivity index (χ2n) is 6.05. The number of anilines is 1. The van der Waals surface area contributed by atoms with E-state index in [0.717, 1.165) is 30.7 Å². The number of aryl methyl sites for hydroxylation is 1. The maximum atomic E-state index is 12.9. The van der Waals surface area contributed by atoms with Gasteiger partial charge in [-0.05, 0) is 43.7 Å². The van der Waals surface area contributed by atoms with Crippen LogP contribution in [0.5, 0.6) is 0 Å². The van der Waals surface area contributed by atoms with E-state index in [4.69, 9.17) is 4.52 Å². The highest BCUT2D eigenvalue weighted by atomic mass is 32.2. The Morgan fingerprint density at radius 2 is 2.09 bits per heavy atom. The zero-order chi connectivity index (χ0) is 16.0. The lowest BCUT2D eigenvalue weighted by Crippen LogP contribution is -2.32. The van der Waals surface area contributed by atoms with Gasteiger partial charge < -0.3 is 4.52 Å². The quantitative estimate of drug-likeness (QED) is 0.809. The van der Waals surface area contributed by atoms with Crippen molar-refractivity contribution >= 4 is 23.5 Å². The highest BCUT2D eigenvalue weighted by Gasteiger charge is 2.50. The Morgan fingerprint density at radius 1 is 1.30 bits per heavy atom. The van der Waals surface area contributed by atoms with Crippen molar-refractivity contribution in [2.75, 3.05) is 17.7 Å². The van der Waals surface area contributed by atoms with Crippen molar-refractivity contribution in [2.45, 2.75) is 36.9 Å². The third-order valence-corrected chi connectivity index (χ3v) is 5.40. The lowest BCUT2D eigenvalue weighted by atomic mass is 10.1. The Balaban J connectivity index is 1.76. The van der Waals surface area contributed by atoms with Gasteiger partial charge in [0, 0.05) is 17.5 Å². The number of hydrogen-bond donors (Lipinski definition) is 0. The summed E-state index contributed by atoms with van der Waals surface area (Å²) >= 11 is 1.72. The standard InChI is InChI=1S/C17H19N3O2S/c1-11-10-15(18-22-11)20-16(12-5-7-13(23-2)8-6-12)19-9-3-4-14(19)17(20)21/h5-8,10,14,16H,3-4,9H2,1-2H3/t14-,16-/m1/s1. The first-order valence-electron chi connectivity index (χ1n) is 7.85. The molecule has 6 heteroatoms. The number of thioether (sulfide) groups is 1. The van der Waals surface area contributed by atoms with Crippen molar-refractivity contribution in [1.82, 2.24) is 10.1 Å². The average molecular weight is 329 g/mol. The monoisotopic (exact) mass is 329 g/mol. The minimum Gasteiger partial charge on any atom is -0.360 e. The van der Waals surface area contributed by atoms with E-state index >= 15 is 0 Å². The molecule has 0 N–H and O–H groups in total. The third kappa shape index (κ3) is 2.37. The van der Waals surface area contributed by atoms with E-state index < -0.39 is 0 Å². The largest absolute Gasteiger partial charge is 0.360 e. The van der Waals surface area contributed by atoms with Gasteiger partial charge in [-0.1, -0.05) is 17.3 Å². The van der Waals surface area contributed by atoms with Crippen molar-refractivity contribution in [3.05, 3.63) is 41.7 Å². The molecule has 0 radical (unpaired) electrons. The van der Waals surface area contributed by atoms with Crippen LogP contribution in [0, 0.1) is 6.92 Å². The molecule has 0 unspecified atom stereocenters. The normalized spacial score (nSPS) is 24.4. The van der Waals surface area contributed by atoms with Crippen LogP contribution in [0.3, 0.4) is 0 Å². The minimum atomic E-state index is -0.0876. The van der Waals surface area contributed by atoms with E-state index in [1.807, 2.05) is 13.0 Å². The van der Waals surface area contributed by atoms with Crippen LogP contribution in [-0.4, -0.2) is 34.8 Å². The molecule has 120 valence electrons. The molecule has 2 atom stereocenters. The highest BCUT2D eigenvalue weighted by Crippen LogP contribution is 2.42. The highest BCUT2D eigenvalue weighted by molar-refractivity contribution is 7.98. The minimum absolute atomic E-state index is 0.0303. The topological polar surface area (TPSA) is 49.6 Å². The zero-order valence-corrected chi connectivity index (χ0v) is 14.0. The van der Waals surface area contributed by atoms with E-state index in [1.54, 1.807) is 16.7 Å². The number of nitrogens with zero attached hydrogens (tertiary/aromatic N) is 3. The van der Waals surface area contributed by atoms with Gasteiger partial charge in [0.05, 0.1) is 6.04 Å². The van der Waals surface area contributed by atoms with Crippen molar-refractivity contribution < 1.29 is 9.32 Å². The van der Waals surface area contributed by atoms with Crippen LogP contribution in [-0.2, 0) is 4.79 Å². The molecule has 0 spiro atoms. The van der Waals surface area contributed by atoms with Crippen LogP contribution in [0.4, 0.5) is 5.82 Å². The summed E-state index contributed by atoms with van der Waals surface area (Å²) in [6.45, 7) is 2.79. The van der Waals surface area contributed by atoms with Crippen LogP contribution < -0.4 is 4.90 Å². The Morgan fingerprint density at radius 3 is 2.74 bits per heavy atom. The van der Waals surface area contributed by atoms with E-state index in [9.17, 15) is 4.79 Å². The Hall–Kier alpha value is -1.79. The summed E-state index contributed by atoms with van der Waals surface area (Å²) in [6, 6.07) is 10.3. The summed E-state index contributed by atoms with van der Waals surface area (Å²) in [5.74, 6) is 1.46. The molecule has 2 aliphatic heterocycles. The Bertz CT molecular complexity index is 728. The maximum Gasteiger partial charge on any atom is 0.247 e. The molecule has 1 aromatic carbocycles.